The van der Waals surface area contributed by atoms with Crippen LogP contribution in [0.4, 0.5) is 18.9 Å². The monoisotopic (exact) mass is 466 g/mol. The summed E-state index contributed by atoms with van der Waals surface area (Å²) in [6.45, 7) is 0.966. The molecule has 5 nitrogen and oxygen atoms in total. The normalized spacial score (nSPS) is 16.3. The van der Waals surface area contributed by atoms with Crippen LogP contribution in [-0.4, -0.2) is 38.6 Å². The standard InChI is InChI=1S/C21H21F3N4OS2/c1-27-19(25-26-20(27)31-13-17(29)14-5-3-2-4-6-14)12-28-9-10-30-18-8-7-15(11-16(18)28)21(22,23)24/h3,5-8,11H,2,4,9-10,12-13H2,1H3. The van der Waals surface area contributed by atoms with E-state index in [1.807, 2.05) is 30.2 Å². The molecule has 0 saturated heterocycles. The van der Waals surface area contributed by atoms with Crippen molar-refractivity contribution in [3.63, 3.8) is 0 Å². The van der Waals surface area contributed by atoms with E-state index in [1.54, 1.807) is 16.3 Å². The Morgan fingerprint density at radius 1 is 1.26 bits per heavy atom. The highest BCUT2D eigenvalue weighted by atomic mass is 32.2. The maximum Gasteiger partial charge on any atom is 0.416 e. The highest BCUT2D eigenvalue weighted by Gasteiger charge is 2.32. The molecule has 0 N–H and O–H groups in total. The Balaban J connectivity index is 1.46. The van der Waals surface area contributed by atoms with Gasteiger partial charge in [0.2, 0.25) is 0 Å². The summed E-state index contributed by atoms with van der Waals surface area (Å²) in [5.74, 6) is 1.74. The highest BCUT2D eigenvalue weighted by molar-refractivity contribution is 8.00. The van der Waals surface area contributed by atoms with Crippen molar-refractivity contribution in [1.29, 1.82) is 0 Å². The van der Waals surface area contributed by atoms with Gasteiger partial charge in [0.25, 0.3) is 0 Å². The van der Waals surface area contributed by atoms with Crippen molar-refractivity contribution >= 4 is 35.0 Å². The molecule has 0 amide bonds. The second-order valence-corrected chi connectivity index (χ2v) is 9.34. The molecule has 0 saturated carbocycles. The molecule has 10 heteroatoms. The second-order valence-electron chi connectivity index (χ2n) is 7.26. The van der Waals surface area contributed by atoms with Crippen molar-refractivity contribution in [2.45, 2.75) is 35.6 Å². The summed E-state index contributed by atoms with van der Waals surface area (Å²) in [7, 11) is 1.81. The van der Waals surface area contributed by atoms with Crippen molar-refractivity contribution in [1.82, 2.24) is 14.8 Å². The number of benzene rings is 1. The van der Waals surface area contributed by atoms with Crippen LogP contribution in [0.5, 0.6) is 0 Å². The first-order valence-corrected chi connectivity index (χ1v) is 11.8. The van der Waals surface area contributed by atoms with Gasteiger partial charge in [0.1, 0.15) is 0 Å². The quantitative estimate of drug-likeness (QED) is 0.566. The summed E-state index contributed by atoms with van der Waals surface area (Å²) in [5.41, 5.74) is 0.635. The Hall–Kier alpha value is -2.20. The van der Waals surface area contributed by atoms with E-state index in [9.17, 15) is 18.0 Å². The number of hydrogen-bond acceptors (Lipinski definition) is 6. The molecular weight excluding hydrogens is 445 g/mol. The number of Topliss-reactive ketones (excluding diaryl/α,β-unsaturated/α-hetero) is 1. The van der Waals surface area contributed by atoms with E-state index in [-0.39, 0.29) is 11.5 Å². The number of thioether (sulfide) groups is 2. The molecule has 1 aliphatic heterocycles. The fourth-order valence-electron chi connectivity index (χ4n) is 3.43. The Morgan fingerprint density at radius 3 is 2.84 bits per heavy atom. The highest BCUT2D eigenvalue weighted by Crippen LogP contribution is 2.40. The van der Waals surface area contributed by atoms with Crippen molar-refractivity contribution in [3.05, 3.63) is 53.4 Å². The minimum absolute atomic E-state index is 0.0483. The van der Waals surface area contributed by atoms with Crippen LogP contribution in [0.2, 0.25) is 0 Å². The first-order valence-electron chi connectivity index (χ1n) is 9.83. The number of allylic oxidation sites excluding steroid dienone is 4. The Kier molecular flexibility index (Phi) is 6.47. The van der Waals surface area contributed by atoms with Gasteiger partial charge in [-0.3, -0.25) is 4.79 Å². The molecule has 2 heterocycles. The van der Waals surface area contributed by atoms with E-state index in [0.29, 0.717) is 29.8 Å². The third-order valence-corrected chi connectivity index (χ3v) is 7.22. The van der Waals surface area contributed by atoms with Crippen LogP contribution in [0, 0.1) is 0 Å². The summed E-state index contributed by atoms with van der Waals surface area (Å²) >= 11 is 2.87. The molecule has 31 heavy (non-hydrogen) atoms. The van der Waals surface area contributed by atoms with Gasteiger partial charge in [-0.25, -0.2) is 0 Å². The van der Waals surface area contributed by atoms with E-state index < -0.39 is 11.7 Å². The van der Waals surface area contributed by atoms with Crippen LogP contribution in [0.3, 0.4) is 0 Å². The van der Waals surface area contributed by atoms with E-state index in [1.165, 1.54) is 23.9 Å². The molecule has 0 fully saturated rings. The number of anilines is 1. The van der Waals surface area contributed by atoms with E-state index in [0.717, 1.165) is 35.1 Å². The Bertz CT molecular complexity index is 1050. The first kappa shape index (κ1) is 22.0. The van der Waals surface area contributed by atoms with Gasteiger partial charge in [-0.1, -0.05) is 30.0 Å². The molecule has 1 aromatic heterocycles. The molecule has 2 aliphatic rings. The summed E-state index contributed by atoms with van der Waals surface area (Å²) in [4.78, 5) is 15.1. The third kappa shape index (κ3) is 5.01. The number of nitrogens with zero attached hydrogens (tertiary/aromatic N) is 4. The predicted octanol–water partition coefficient (Wildman–Crippen LogP) is 4.88. The average molecular weight is 467 g/mol. The molecule has 0 spiro atoms. The molecule has 164 valence electrons. The topological polar surface area (TPSA) is 51.0 Å². The fourth-order valence-corrected chi connectivity index (χ4v) is 5.28. The van der Waals surface area contributed by atoms with Gasteiger partial charge in [0.15, 0.2) is 16.8 Å². The van der Waals surface area contributed by atoms with Crippen molar-refractivity contribution in [2.75, 3.05) is 23.0 Å². The molecule has 0 unspecified atom stereocenters. The number of carbonyl (C=O) groups is 1. The lowest BCUT2D eigenvalue weighted by Gasteiger charge is -2.31. The van der Waals surface area contributed by atoms with Crippen LogP contribution >= 0.6 is 23.5 Å². The number of rotatable bonds is 6. The third-order valence-electron chi connectivity index (χ3n) is 5.15. The van der Waals surface area contributed by atoms with E-state index in [4.69, 9.17) is 0 Å². The lowest BCUT2D eigenvalue weighted by molar-refractivity contribution is -0.137. The van der Waals surface area contributed by atoms with E-state index in [2.05, 4.69) is 10.2 Å². The summed E-state index contributed by atoms with van der Waals surface area (Å²) < 4.78 is 41.3. The van der Waals surface area contributed by atoms with Crippen molar-refractivity contribution in [3.8, 4) is 0 Å². The molecule has 0 atom stereocenters. The Labute approximate surface area is 186 Å². The molecule has 1 aliphatic carbocycles. The number of halogens is 3. The lowest BCUT2D eigenvalue weighted by atomic mass is 10.0. The summed E-state index contributed by atoms with van der Waals surface area (Å²) in [6, 6.07) is 3.87. The molecule has 2 aromatic rings. The summed E-state index contributed by atoms with van der Waals surface area (Å²) in [5, 5.41) is 9.02. The lowest BCUT2D eigenvalue weighted by Crippen LogP contribution is -2.30. The van der Waals surface area contributed by atoms with Crippen LogP contribution in [0.15, 0.2) is 52.1 Å². The van der Waals surface area contributed by atoms with Crippen molar-refractivity contribution < 1.29 is 18.0 Å². The Morgan fingerprint density at radius 2 is 2.10 bits per heavy atom. The van der Waals surface area contributed by atoms with E-state index >= 15 is 0 Å². The van der Waals surface area contributed by atoms with Gasteiger partial charge in [-0.2, -0.15) is 13.2 Å². The van der Waals surface area contributed by atoms with Crippen LogP contribution in [0.1, 0.15) is 24.2 Å². The number of hydrogen-bond donors (Lipinski definition) is 0. The van der Waals surface area contributed by atoms with Crippen LogP contribution in [0.25, 0.3) is 0 Å². The summed E-state index contributed by atoms with van der Waals surface area (Å²) in [6.07, 6.45) is 3.26. The molecule has 4 rings (SSSR count). The zero-order valence-electron chi connectivity index (χ0n) is 16.9. The smallest absolute Gasteiger partial charge is 0.362 e. The fraction of sp³-hybridized carbons (Fsp3) is 0.381. The maximum atomic E-state index is 13.2. The molecule has 1 aromatic carbocycles. The average Bonchev–Trinajstić information content (AvgIpc) is 3.11. The second kappa shape index (κ2) is 9.12. The molecule has 0 bridgehead atoms. The van der Waals surface area contributed by atoms with Gasteiger partial charge in [0, 0.05) is 29.8 Å². The van der Waals surface area contributed by atoms with Gasteiger partial charge in [-0.15, -0.1) is 22.0 Å². The van der Waals surface area contributed by atoms with Crippen LogP contribution in [-0.2, 0) is 24.6 Å². The molecular formula is C21H21F3N4OS2. The number of aromatic nitrogens is 3. The molecule has 0 radical (unpaired) electrons. The van der Waals surface area contributed by atoms with Gasteiger partial charge in [0.05, 0.1) is 23.5 Å². The van der Waals surface area contributed by atoms with Gasteiger partial charge >= 0.3 is 6.18 Å². The predicted molar refractivity (Wildman–Crippen MR) is 116 cm³/mol. The zero-order valence-corrected chi connectivity index (χ0v) is 18.5. The minimum atomic E-state index is -4.38. The van der Waals surface area contributed by atoms with Gasteiger partial charge in [-0.05, 0) is 31.0 Å². The number of alkyl halides is 3. The number of ketones is 1. The first-order chi connectivity index (χ1) is 14.8. The number of fused-ring (bicyclic) bond motifs is 1. The largest absolute Gasteiger partial charge is 0.416 e. The SMILES string of the molecule is Cn1c(CN2CCSc3ccc(C(F)(F)F)cc32)nnc1SCC(=O)C1=CCCC=C1. The number of carbonyl (C=O) groups excluding carboxylic acids is 1. The van der Waals surface area contributed by atoms with Gasteiger partial charge < -0.3 is 9.47 Å². The van der Waals surface area contributed by atoms with Crippen molar-refractivity contribution in [2.24, 2.45) is 7.05 Å². The maximum absolute atomic E-state index is 13.2. The minimum Gasteiger partial charge on any atom is -0.362 e. The van der Waals surface area contributed by atoms with Crippen LogP contribution < -0.4 is 4.90 Å². The zero-order chi connectivity index (χ0) is 22.0.